The van der Waals surface area contributed by atoms with Crippen molar-refractivity contribution in [2.45, 2.75) is 62.6 Å². The molecule has 1 saturated carbocycles. The smallest absolute Gasteiger partial charge is 0.264 e. The quantitative estimate of drug-likeness (QED) is 0.321. The number of rotatable bonds is 10. The van der Waals surface area contributed by atoms with Gasteiger partial charge in [0.05, 0.1) is 10.6 Å². The number of halogens is 2. The first-order valence-electron chi connectivity index (χ1n) is 14.6. The van der Waals surface area contributed by atoms with Gasteiger partial charge in [-0.2, -0.15) is 0 Å². The van der Waals surface area contributed by atoms with E-state index in [1.165, 1.54) is 35.2 Å². The Morgan fingerprint density at radius 2 is 1.68 bits per heavy atom. The summed E-state index contributed by atoms with van der Waals surface area (Å²) in [5.74, 6) is -0.840. The lowest BCUT2D eigenvalue weighted by Gasteiger charge is -2.33. The minimum absolute atomic E-state index is 0.0139. The van der Waals surface area contributed by atoms with E-state index in [1.807, 2.05) is 0 Å². The summed E-state index contributed by atoms with van der Waals surface area (Å²) in [4.78, 5) is 28.8. The van der Waals surface area contributed by atoms with Gasteiger partial charge in [0.15, 0.2) is 11.5 Å². The maximum absolute atomic E-state index is 14.1. The average Bonchev–Trinajstić information content (AvgIpc) is 3.02. The van der Waals surface area contributed by atoms with E-state index >= 15 is 0 Å². The number of anilines is 1. The Labute approximate surface area is 261 Å². The third-order valence-electron chi connectivity index (χ3n) is 7.86. The molecule has 1 atom stereocenters. The van der Waals surface area contributed by atoms with E-state index in [9.17, 15) is 22.4 Å². The van der Waals surface area contributed by atoms with Gasteiger partial charge in [-0.1, -0.05) is 43.0 Å². The number of sulfonamides is 1. The first-order valence-corrected chi connectivity index (χ1v) is 16.5. The maximum Gasteiger partial charge on any atom is 0.264 e. The molecule has 0 bridgehead atoms. The Morgan fingerprint density at radius 1 is 0.977 bits per heavy atom. The predicted octanol–water partition coefficient (Wildman–Crippen LogP) is 5.31. The van der Waals surface area contributed by atoms with Gasteiger partial charge in [-0.15, -0.1) is 0 Å². The fraction of sp³-hybridized carbons (Fsp3) is 0.375. The van der Waals surface area contributed by atoms with Gasteiger partial charge in [0, 0.05) is 23.7 Å². The van der Waals surface area contributed by atoms with Crippen LogP contribution in [0.1, 0.15) is 44.6 Å². The van der Waals surface area contributed by atoms with Crippen molar-refractivity contribution in [2.24, 2.45) is 0 Å². The highest BCUT2D eigenvalue weighted by atomic mass is 35.5. The summed E-state index contributed by atoms with van der Waals surface area (Å²) in [6, 6.07) is 15.0. The normalized spacial score (nSPS) is 15.7. The lowest BCUT2D eigenvalue weighted by molar-refractivity contribution is -0.139. The van der Waals surface area contributed by atoms with E-state index in [0.29, 0.717) is 22.9 Å². The van der Waals surface area contributed by atoms with Crippen molar-refractivity contribution in [3.8, 4) is 11.5 Å². The molecule has 1 aliphatic heterocycles. The van der Waals surface area contributed by atoms with Crippen LogP contribution in [0.2, 0.25) is 5.02 Å². The van der Waals surface area contributed by atoms with Gasteiger partial charge < -0.3 is 19.7 Å². The fourth-order valence-electron chi connectivity index (χ4n) is 5.43. The lowest BCUT2D eigenvalue weighted by Crippen LogP contribution is -2.53. The van der Waals surface area contributed by atoms with Gasteiger partial charge in [-0.3, -0.25) is 13.9 Å². The SMILES string of the molecule is C[C@H](C(=O)NC1CCCCC1)N(Cc1cccc(Cl)c1)C(=O)CN(c1ccc(F)cc1)S(=O)(=O)c1ccc2c(c1)OCCO2. The van der Waals surface area contributed by atoms with Gasteiger partial charge >= 0.3 is 0 Å². The molecule has 3 aromatic rings. The average molecular weight is 644 g/mol. The number of hydrogen-bond acceptors (Lipinski definition) is 6. The summed E-state index contributed by atoms with van der Waals surface area (Å²) in [6.07, 6.45) is 4.90. The van der Waals surface area contributed by atoms with E-state index in [4.69, 9.17) is 21.1 Å². The molecule has 12 heteroatoms. The van der Waals surface area contributed by atoms with Gasteiger partial charge in [0.1, 0.15) is 31.6 Å². The van der Waals surface area contributed by atoms with Gasteiger partial charge in [0.25, 0.3) is 10.0 Å². The second-order valence-corrected chi connectivity index (χ2v) is 13.3. The molecule has 3 aromatic carbocycles. The van der Waals surface area contributed by atoms with Crippen LogP contribution in [0.5, 0.6) is 11.5 Å². The zero-order chi connectivity index (χ0) is 31.3. The first-order chi connectivity index (χ1) is 21.1. The zero-order valence-corrected chi connectivity index (χ0v) is 26.0. The van der Waals surface area contributed by atoms with E-state index in [-0.39, 0.29) is 41.4 Å². The van der Waals surface area contributed by atoms with Crippen molar-refractivity contribution in [1.29, 1.82) is 0 Å². The number of amides is 2. The van der Waals surface area contributed by atoms with Crippen LogP contribution in [-0.2, 0) is 26.2 Å². The Kier molecular flexibility index (Phi) is 9.95. The van der Waals surface area contributed by atoms with Crippen LogP contribution in [0.3, 0.4) is 0 Å². The number of ether oxygens (including phenoxy) is 2. The molecular weight excluding hydrogens is 609 g/mol. The second kappa shape index (κ2) is 13.9. The second-order valence-electron chi connectivity index (χ2n) is 11.0. The molecule has 9 nitrogen and oxygen atoms in total. The Bertz CT molecular complexity index is 1600. The molecule has 0 spiro atoms. The number of fused-ring (bicyclic) bond motifs is 1. The molecule has 1 aliphatic carbocycles. The fourth-order valence-corrected chi connectivity index (χ4v) is 7.07. The largest absolute Gasteiger partial charge is 0.486 e. The van der Waals surface area contributed by atoms with Crippen molar-refractivity contribution in [3.05, 3.63) is 83.1 Å². The van der Waals surface area contributed by atoms with Crippen LogP contribution in [0.4, 0.5) is 10.1 Å². The minimum atomic E-state index is -4.37. The topological polar surface area (TPSA) is 105 Å². The van der Waals surface area contributed by atoms with Gasteiger partial charge in [0.2, 0.25) is 11.8 Å². The summed E-state index contributed by atoms with van der Waals surface area (Å²) in [6.45, 7) is 1.59. The van der Waals surface area contributed by atoms with Crippen LogP contribution in [0, 0.1) is 5.82 Å². The van der Waals surface area contributed by atoms with E-state index in [2.05, 4.69) is 5.32 Å². The molecule has 1 heterocycles. The molecule has 0 saturated heterocycles. The van der Waals surface area contributed by atoms with Crippen LogP contribution in [-0.4, -0.2) is 57.0 Å². The van der Waals surface area contributed by atoms with Gasteiger partial charge in [-0.25, -0.2) is 12.8 Å². The molecule has 1 fully saturated rings. The lowest BCUT2D eigenvalue weighted by atomic mass is 9.95. The van der Waals surface area contributed by atoms with Crippen molar-refractivity contribution < 1.29 is 31.9 Å². The highest BCUT2D eigenvalue weighted by Gasteiger charge is 2.34. The molecule has 1 N–H and O–H groups in total. The third-order valence-corrected chi connectivity index (χ3v) is 9.86. The van der Waals surface area contributed by atoms with Crippen molar-refractivity contribution >= 4 is 39.1 Å². The molecule has 0 aromatic heterocycles. The summed E-state index contributed by atoms with van der Waals surface area (Å²) < 4.78 is 54.1. The summed E-state index contributed by atoms with van der Waals surface area (Å²) in [5.41, 5.74) is 0.753. The summed E-state index contributed by atoms with van der Waals surface area (Å²) in [5, 5.41) is 3.53. The number of carbonyl (C=O) groups excluding carboxylic acids is 2. The third kappa shape index (κ3) is 7.44. The molecule has 5 rings (SSSR count). The molecule has 0 unspecified atom stereocenters. The van der Waals surface area contributed by atoms with Crippen LogP contribution in [0.25, 0.3) is 0 Å². The van der Waals surface area contributed by atoms with Crippen molar-refractivity contribution in [3.63, 3.8) is 0 Å². The number of nitrogens with one attached hydrogen (secondary N) is 1. The van der Waals surface area contributed by atoms with E-state index in [0.717, 1.165) is 48.5 Å². The molecule has 44 heavy (non-hydrogen) atoms. The van der Waals surface area contributed by atoms with Crippen LogP contribution in [0.15, 0.2) is 71.6 Å². The highest BCUT2D eigenvalue weighted by Crippen LogP contribution is 2.34. The minimum Gasteiger partial charge on any atom is -0.486 e. The van der Waals surface area contributed by atoms with Crippen LogP contribution < -0.4 is 19.1 Å². The number of benzene rings is 3. The standard InChI is InChI=1S/C32H35ClFN3O6S/c1-22(32(39)35-26-8-3-2-4-9-26)36(20-23-6-5-7-24(33)18-23)31(38)21-37(27-12-10-25(34)11-13-27)44(40,41)28-14-15-29-30(19-28)43-17-16-42-29/h5-7,10-15,18-19,22,26H,2-4,8-9,16-17,20-21H2,1H3,(H,35,39)/t22-/m1/s1. The molecule has 234 valence electrons. The highest BCUT2D eigenvalue weighted by molar-refractivity contribution is 7.92. The molecular formula is C32H35ClFN3O6S. The zero-order valence-electron chi connectivity index (χ0n) is 24.4. The molecule has 0 radical (unpaired) electrons. The number of carbonyl (C=O) groups is 2. The van der Waals surface area contributed by atoms with Crippen LogP contribution >= 0.6 is 11.6 Å². The molecule has 2 aliphatic rings. The van der Waals surface area contributed by atoms with E-state index in [1.54, 1.807) is 31.2 Å². The summed E-state index contributed by atoms with van der Waals surface area (Å²) in [7, 11) is -4.37. The number of nitrogens with zero attached hydrogens (tertiary/aromatic N) is 2. The monoisotopic (exact) mass is 643 g/mol. The van der Waals surface area contributed by atoms with E-state index < -0.39 is 34.3 Å². The Morgan fingerprint density at radius 3 is 2.39 bits per heavy atom. The summed E-state index contributed by atoms with van der Waals surface area (Å²) >= 11 is 6.21. The first kappa shape index (κ1) is 31.6. The molecule has 2 amide bonds. The Balaban J connectivity index is 1.47. The van der Waals surface area contributed by atoms with Gasteiger partial charge in [-0.05, 0) is 73.9 Å². The van der Waals surface area contributed by atoms with Crippen molar-refractivity contribution in [2.75, 3.05) is 24.1 Å². The maximum atomic E-state index is 14.1. The van der Waals surface area contributed by atoms with Crippen molar-refractivity contribution in [1.82, 2.24) is 10.2 Å². The predicted molar refractivity (Wildman–Crippen MR) is 165 cm³/mol. The Hall–Kier alpha value is -3.83. The number of hydrogen-bond donors (Lipinski definition) is 1.